The number of benzene rings is 2. The van der Waals surface area contributed by atoms with E-state index in [1.54, 1.807) is 0 Å². The third-order valence-corrected chi connectivity index (χ3v) is 5.27. The molecule has 0 radical (unpaired) electrons. The zero-order valence-corrected chi connectivity index (χ0v) is 14.9. The Hall–Kier alpha value is -1.77. The molecule has 0 saturated carbocycles. The Bertz CT molecular complexity index is 921. The second kappa shape index (κ2) is 7.23. The topological polar surface area (TPSA) is 58.5 Å². The second-order valence-corrected chi connectivity index (χ2v) is 8.07. The fraction of sp³-hybridized carbons (Fsp3) is 0.133. The molecule has 0 aliphatic carbocycles. The highest BCUT2D eigenvalue weighted by atomic mass is 35.5. The van der Waals surface area contributed by atoms with Crippen LogP contribution in [0.3, 0.4) is 0 Å². The standard InChI is InChI=1S/C15H11Cl2F3N2O2S/c1-25(24,11-5-2-9(16)3-6-11)22-14(23)21-10-4-7-13(17)12(8-10)15(18,19)20/h2-8H,1H3,(H,21,23). The number of carbonyl (C=O) groups excluding carboxylic acids is 1. The SMILES string of the molecule is CS(=O)(=NC(=O)Nc1ccc(Cl)c(C(F)(F)F)c1)c1ccc(Cl)cc1. The van der Waals surface area contributed by atoms with Crippen molar-refractivity contribution in [2.45, 2.75) is 11.1 Å². The number of carbonyl (C=O) groups is 1. The molecule has 0 aliphatic heterocycles. The number of hydrogen-bond acceptors (Lipinski definition) is 2. The van der Waals surface area contributed by atoms with Gasteiger partial charge in [-0.25, -0.2) is 9.00 Å². The molecule has 4 nitrogen and oxygen atoms in total. The molecule has 2 aromatic carbocycles. The van der Waals surface area contributed by atoms with Crippen LogP contribution in [0.25, 0.3) is 0 Å². The van der Waals surface area contributed by atoms with Crippen LogP contribution < -0.4 is 5.32 Å². The van der Waals surface area contributed by atoms with E-state index in [1.165, 1.54) is 36.6 Å². The Kier molecular flexibility index (Phi) is 5.65. The van der Waals surface area contributed by atoms with Gasteiger partial charge in [0.2, 0.25) is 0 Å². The van der Waals surface area contributed by atoms with Gasteiger partial charge in [-0.3, -0.25) is 0 Å². The summed E-state index contributed by atoms with van der Waals surface area (Å²) in [5.74, 6) is 0. The molecule has 0 fully saturated rings. The number of hydrogen-bond donors (Lipinski definition) is 1. The lowest BCUT2D eigenvalue weighted by molar-refractivity contribution is -0.137. The Labute approximate surface area is 152 Å². The van der Waals surface area contributed by atoms with E-state index in [0.717, 1.165) is 6.07 Å². The quantitative estimate of drug-likeness (QED) is 0.689. The number of urea groups is 1. The van der Waals surface area contributed by atoms with Gasteiger partial charge < -0.3 is 5.32 Å². The summed E-state index contributed by atoms with van der Waals surface area (Å²) in [6, 6.07) is 7.70. The molecule has 0 spiro atoms. The average molecular weight is 411 g/mol. The number of nitrogens with one attached hydrogen (secondary N) is 1. The Morgan fingerprint density at radius 1 is 1.12 bits per heavy atom. The monoisotopic (exact) mass is 410 g/mol. The molecule has 0 heterocycles. The largest absolute Gasteiger partial charge is 0.417 e. The number of amides is 2. The molecular formula is C15H11Cl2F3N2O2S. The summed E-state index contributed by atoms with van der Waals surface area (Å²) in [6.45, 7) is 0. The predicted octanol–water partition coefficient (Wildman–Crippen LogP) is 5.70. The molecular weight excluding hydrogens is 400 g/mol. The van der Waals surface area contributed by atoms with Crippen LogP contribution in [0.1, 0.15) is 5.56 Å². The summed E-state index contributed by atoms with van der Waals surface area (Å²) in [5, 5.41) is 2.07. The molecule has 1 N–H and O–H groups in total. The number of halogens is 5. The zero-order chi connectivity index (χ0) is 18.8. The van der Waals surface area contributed by atoms with Crippen LogP contribution in [0.15, 0.2) is 51.7 Å². The highest BCUT2D eigenvalue weighted by Crippen LogP contribution is 2.36. The number of rotatable bonds is 2. The number of anilines is 1. The van der Waals surface area contributed by atoms with Crippen molar-refractivity contribution in [2.75, 3.05) is 11.6 Å². The summed E-state index contributed by atoms with van der Waals surface area (Å²) in [5.41, 5.74) is -1.27. The minimum Gasteiger partial charge on any atom is -0.306 e. The molecule has 0 saturated heterocycles. The Morgan fingerprint density at radius 2 is 1.72 bits per heavy atom. The van der Waals surface area contributed by atoms with Gasteiger partial charge in [0.25, 0.3) is 0 Å². The van der Waals surface area contributed by atoms with Crippen LogP contribution in [0.5, 0.6) is 0 Å². The average Bonchev–Trinajstić information content (AvgIpc) is 2.48. The lowest BCUT2D eigenvalue weighted by atomic mass is 10.2. The van der Waals surface area contributed by atoms with Crippen molar-refractivity contribution in [1.82, 2.24) is 0 Å². The van der Waals surface area contributed by atoms with Gasteiger partial charge in [0.1, 0.15) is 0 Å². The smallest absolute Gasteiger partial charge is 0.306 e. The van der Waals surface area contributed by atoms with Crippen molar-refractivity contribution in [3.05, 3.63) is 58.1 Å². The lowest BCUT2D eigenvalue weighted by Crippen LogP contribution is -2.12. The first-order valence-corrected chi connectivity index (χ1v) is 9.32. The third kappa shape index (κ3) is 5.10. The van der Waals surface area contributed by atoms with Gasteiger partial charge >= 0.3 is 12.2 Å². The van der Waals surface area contributed by atoms with Crippen molar-refractivity contribution < 1.29 is 22.2 Å². The summed E-state index contributed by atoms with van der Waals surface area (Å²) in [7, 11) is -3.09. The fourth-order valence-electron chi connectivity index (χ4n) is 1.86. The van der Waals surface area contributed by atoms with Gasteiger partial charge in [-0.05, 0) is 42.5 Å². The van der Waals surface area contributed by atoms with Gasteiger partial charge in [-0.1, -0.05) is 23.2 Å². The van der Waals surface area contributed by atoms with Gasteiger partial charge in [0, 0.05) is 21.9 Å². The summed E-state index contributed by atoms with van der Waals surface area (Å²) in [6.07, 6.45) is -3.44. The molecule has 10 heteroatoms. The molecule has 0 aromatic heterocycles. The highest BCUT2D eigenvalue weighted by molar-refractivity contribution is 7.93. The third-order valence-electron chi connectivity index (χ3n) is 3.03. The maximum atomic E-state index is 12.8. The van der Waals surface area contributed by atoms with Crippen LogP contribution >= 0.6 is 23.2 Å². The van der Waals surface area contributed by atoms with E-state index >= 15 is 0 Å². The molecule has 2 aromatic rings. The first-order chi connectivity index (χ1) is 11.5. The van der Waals surface area contributed by atoms with Crippen LogP contribution in [0, 0.1) is 0 Å². The summed E-state index contributed by atoms with van der Waals surface area (Å²) >= 11 is 11.2. The van der Waals surface area contributed by atoms with Crippen LogP contribution in [0.2, 0.25) is 10.0 Å². The molecule has 2 amide bonds. The van der Waals surface area contributed by atoms with E-state index in [4.69, 9.17) is 23.2 Å². The summed E-state index contributed by atoms with van der Waals surface area (Å²) in [4.78, 5) is 12.2. The molecule has 0 aliphatic rings. The maximum absolute atomic E-state index is 12.8. The summed E-state index contributed by atoms with van der Waals surface area (Å²) < 4.78 is 54.5. The first-order valence-electron chi connectivity index (χ1n) is 6.64. The highest BCUT2D eigenvalue weighted by Gasteiger charge is 2.33. The van der Waals surface area contributed by atoms with Crippen LogP contribution in [0.4, 0.5) is 23.7 Å². The first kappa shape index (κ1) is 19.6. The zero-order valence-electron chi connectivity index (χ0n) is 12.6. The van der Waals surface area contributed by atoms with E-state index in [9.17, 15) is 22.2 Å². The van der Waals surface area contributed by atoms with E-state index in [-0.39, 0.29) is 10.6 Å². The van der Waals surface area contributed by atoms with E-state index in [1.807, 2.05) is 0 Å². The fourth-order valence-corrected chi connectivity index (χ4v) is 3.32. The van der Waals surface area contributed by atoms with E-state index in [0.29, 0.717) is 11.1 Å². The van der Waals surface area contributed by atoms with E-state index < -0.39 is 32.5 Å². The minimum atomic E-state index is -4.67. The van der Waals surface area contributed by atoms with Crippen molar-refractivity contribution in [3.8, 4) is 0 Å². The lowest BCUT2D eigenvalue weighted by Gasteiger charge is -2.11. The number of nitrogens with zero attached hydrogens (tertiary/aromatic N) is 1. The van der Waals surface area contributed by atoms with Crippen LogP contribution in [-0.2, 0) is 15.9 Å². The molecule has 1 atom stereocenters. The molecule has 25 heavy (non-hydrogen) atoms. The normalized spacial score (nSPS) is 13.8. The predicted molar refractivity (Wildman–Crippen MR) is 91.7 cm³/mol. The van der Waals surface area contributed by atoms with Gasteiger partial charge in [0.15, 0.2) is 0 Å². The minimum absolute atomic E-state index is 0.170. The van der Waals surface area contributed by atoms with Crippen molar-refractivity contribution in [1.29, 1.82) is 0 Å². The Morgan fingerprint density at radius 3 is 2.28 bits per heavy atom. The number of alkyl halides is 3. The molecule has 2 rings (SSSR count). The molecule has 0 bridgehead atoms. The van der Waals surface area contributed by atoms with Crippen LogP contribution in [-0.4, -0.2) is 16.5 Å². The van der Waals surface area contributed by atoms with Gasteiger partial charge in [-0.2, -0.15) is 13.2 Å². The Balaban J connectivity index is 2.28. The van der Waals surface area contributed by atoms with Gasteiger partial charge in [-0.15, -0.1) is 4.36 Å². The molecule has 134 valence electrons. The van der Waals surface area contributed by atoms with Crippen molar-refractivity contribution in [2.24, 2.45) is 4.36 Å². The van der Waals surface area contributed by atoms with E-state index in [2.05, 4.69) is 9.68 Å². The second-order valence-electron chi connectivity index (χ2n) is 4.97. The molecule has 1 unspecified atom stereocenters. The van der Waals surface area contributed by atoms with Crippen molar-refractivity contribution in [3.63, 3.8) is 0 Å². The van der Waals surface area contributed by atoms with Gasteiger partial charge in [0.05, 0.1) is 20.3 Å². The van der Waals surface area contributed by atoms with Crippen molar-refractivity contribution >= 4 is 44.6 Å². The maximum Gasteiger partial charge on any atom is 0.417 e.